The van der Waals surface area contributed by atoms with Crippen molar-refractivity contribution in [3.05, 3.63) is 33.8 Å². The summed E-state index contributed by atoms with van der Waals surface area (Å²) in [7, 11) is 0. The highest BCUT2D eigenvalue weighted by atomic mass is 35.5. The molecule has 0 aliphatic carbocycles. The Balaban J connectivity index is 2.81. The van der Waals surface area contributed by atoms with Crippen molar-refractivity contribution in [1.82, 2.24) is 5.32 Å². The molecule has 0 aliphatic heterocycles. The molecule has 1 rings (SSSR count). The number of rotatable bonds is 5. The molecule has 0 radical (unpaired) electrons. The van der Waals surface area contributed by atoms with Gasteiger partial charge in [0, 0.05) is 0 Å². The van der Waals surface area contributed by atoms with E-state index >= 15 is 0 Å². The summed E-state index contributed by atoms with van der Waals surface area (Å²) in [5.41, 5.74) is 0.639. The summed E-state index contributed by atoms with van der Waals surface area (Å²) in [6.07, 6.45) is -2.25. The average Bonchev–Trinajstić information content (AvgIpc) is 2.23. The minimum absolute atomic E-state index is 0.172. The van der Waals surface area contributed by atoms with Gasteiger partial charge in [0.25, 0.3) is 6.43 Å². The third-order valence-electron chi connectivity index (χ3n) is 2.24. The van der Waals surface area contributed by atoms with Gasteiger partial charge >= 0.3 is 0 Å². The van der Waals surface area contributed by atoms with Crippen LogP contribution in [0.5, 0.6) is 0 Å². The van der Waals surface area contributed by atoms with Crippen LogP contribution in [0.2, 0.25) is 10.0 Å². The highest BCUT2D eigenvalue weighted by Gasteiger charge is 2.20. The zero-order chi connectivity index (χ0) is 12.1. The molecule has 1 atom stereocenters. The first-order valence-corrected chi connectivity index (χ1v) is 5.76. The molecule has 0 spiro atoms. The van der Waals surface area contributed by atoms with E-state index in [9.17, 15) is 8.78 Å². The Labute approximate surface area is 104 Å². The van der Waals surface area contributed by atoms with Crippen molar-refractivity contribution in [1.29, 1.82) is 0 Å². The van der Waals surface area contributed by atoms with Crippen molar-refractivity contribution in [3.8, 4) is 0 Å². The maximum absolute atomic E-state index is 12.7. The molecule has 16 heavy (non-hydrogen) atoms. The van der Waals surface area contributed by atoms with Crippen LogP contribution in [0.25, 0.3) is 0 Å². The van der Waals surface area contributed by atoms with Crippen molar-refractivity contribution >= 4 is 23.2 Å². The van der Waals surface area contributed by atoms with Gasteiger partial charge in [-0.25, -0.2) is 8.78 Å². The van der Waals surface area contributed by atoms with E-state index in [2.05, 4.69) is 5.32 Å². The van der Waals surface area contributed by atoms with E-state index in [0.717, 1.165) is 0 Å². The fourth-order valence-electron chi connectivity index (χ4n) is 1.46. The largest absolute Gasteiger partial charge is 0.309 e. The summed E-state index contributed by atoms with van der Waals surface area (Å²) in [4.78, 5) is 0. The molecule has 0 aliphatic rings. The molecule has 0 saturated carbocycles. The quantitative estimate of drug-likeness (QED) is 0.856. The van der Waals surface area contributed by atoms with Crippen LogP contribution >= 0.6 is 23.2 Å². The molecule has 0 heterocycles. The third-order valence-corrected chi connectivity index (χ3v) is 3.10. The predicted molar refractivity (Wildman–Crippen MR) is 63.6 cm³/mol. The van der Waals surface area contributed by atoms with Gasteiger partial charge in [0.1, 0.15) is 0 Å². The lowest BCUT2D eigenvalue weighted by Gasteiger charge is -2.17. The molecule has 0 bridgehead atoms. The smallest absolute Gasteiger partial charge is 0.254 e. The number of hydrogen-bond donors (Lipinski definition) is 1. The van der Waals surface area contributed by atoms with E-state index in [1.807, 2.05) is 0 Å². The van der Waals surface area contributed by atoms with E-state index in [0.29, 0.717) is 22.2 Å². The second-order valence-electron chi connectivity index (χ2n) is 3.42. The van der Waals surface area contributed by atoms with Crippen LogP contribution in [0.1, 0.15) is 12.5 Å². The SMILES string of the molecule is CCNC(Cc1cccc(Cl)c1Cl)C(F)F. The molecule has 1 nitrogen and oxygen atoms in total. The summed E-state index contributed by atoms with van der Waals surface area (Å²) in [6.45, 7) is 2.28. The molecule has 1 aromatic rings. The van der Waals surface area contributed by atoms with Crippen LogP contribution in [-0.4, -0.2) is 19.0 Å². The Morgan fingerprint density at radius 3 is 2.56 bits per heavy atom. The second kappa shape index (κ2) is 6.38. The molecular formula is C11H13Cl2F2N. The highest BCUT2D eigenvalue weighted by Crippen LogP contribution is 2.27. The van der Waals surface area contributed by atoms with Crippen molar-refractivity contribution in [2.24, 2.45) is 0 Å². The van der Waals surface area contributed by atoms with Crippen LogP contribution < -0.4 is 5.32 Å². The number of benzene rings is 1. The highest BCUT2D eigenvalue weighted by molar-refractivity contribution is 6.42. The van der Waals surface area contributed by atoms with E-state index < -0.39 is 12.5 Å². The lowest BCUT2D eigenvalue weighted by Crippen LogP contribution is -2.37. The fraction of sp³-hybridized carbons (Fsp3) is 0.455. The number of hydrogen-bond acceptors (Lipinski definition) is 1. The van der Waals surface area contributed by atoms with Crippen LogP contribution in [0.4, 0.5) is 8.78 Å². The minimum atomic E-state index is -2.42. The van der Waals surface area contributed by atoms with Gasteiger partial charge in [0.15, 0.2) is 0 Å². The second-order valence-corrected chi connectivity index (χ2v) is 4.20. The average molecular weight is 268 g/mol. The summed E-state index contributed by atoms with van der Waals surface area (Å²) in [5.74, 6) is 0. The molecule has 0 aromatic heterocycles. The van der Waals surface area contributed by atoms with E-state index in [-0.39, 0.29) is 6.42 Å². The molecular weight excluding hydrogens is 255 g/mol. The van der Waals surface area contributed by atoms with Gasteiger partial charge in [-0.15, -0.1) is 0 Å². The molecule has 0 fully saturated rings. The van der Waals surface area contributed by atoms with Gasteiger partial charge in [0.2, 0.25) is 0 Å². The molecule has 0 saturated heterocycles. The maximum atomic E-state index is 12.7. The van der Waals surface area contributed by atoms with Crippen LogP contribution in [0, 0.1) is 0 Å². The molecule has 0 amide bonds. The normalized spacial score (nSPS) is 13.1. The molecule has 5 heteroatoms. The van der Waals surface area contributed by atoms with Crippen LogP contribution in [-0.2, 0) is 6.42 Å². The third kappa shape index (κ3) is 3.58. The topological polar surface area (TPSA) is 12.0 Å². The molecule has 1 N–H and O–H groups in total. The Morgan fingerprint density at radius 1 is 1.31 bits per heavy atom. The lowest BCUT2D eigenvalue weighted by atomic mass is 10.1. The van der Waals surface area contributed by atoms with Gasteiger partial charge in [-0.3, -0.25) is 0 Å². The van der Waals surface area contributed by atoms with Gasteiger partial charge in [-0.1, -0.05) is 42.3 Å². The van der Waals surface area contributed by atoms with Gasteiger partial charge in [-0.2, -0.15) is 0 Å². The maximum Gasteiger partial charge on any atom is 0.254 e. The van der Waals surface area contributed by atoms with E-state index in [1.165, 1.54) is 0 Å². The standard InChI is InChI=1S/C11H13Cl2F2N/c1-2-16-9(11(14)15)6-7-4-3-5-8(12)10(7)13/h3-5,9,11,16H,2,6H2,1H3. The van der Waals surface area contributed by atoms with E-state index in [4.69, 9.17) is 23.2 Å². The van der Waals surface area contributed by atoms with E-state index in [1.54, 1.807) is 25.1 Å². The monoisotopic (exact) mass is 267 g/mol. The number of likely N-dealkylation sites (N-methyl/N-ethyl adjacent to an activating group) is 1. The summed E-state index contributed by atoms with van der Waals surface area (Å²) >= 11 is 11.8. The number of halogens is 4. The van der Waals surface area contributed by atoms with Crippen molar-refractivity contribution < 1.29 is 8.78 Å². The summed E-state index contributed by atoms with van der Waals surface area (Å²) in [5, 5.41) is 3.47. The van der Waals surface area contributed by atoms with Crippen molar-refractivity contribution in [2.45, 2.75) is 25.8 Å². The zero-order valence-electron chi connectivity index (χ0n) is 8.81. The number of nitrogens with one attached hydrogen (secondary N) is 1. The fourth-order valence-corrected chi connectivity index (χ4v) is 1.85. The minimum Gasteiger partial charge on any atom is -0.309 e. The number of alkyl halides is 2. The Hall–Kier alpha value is -0.380. The Morgan fingerprint density at radius 2 is 2.00 bits per heavy atom. The predicted octanol–water partition coefficient (Wildman–Crippen LogP) is 3.78. The first-order chi connectivity index (χ1) is 7.56. The lowest BCUT2D eigenvalue weighted by molar-refractivity contribution is 0.0991. The van der Waals surface area contributed by atoms with Crippen molar-refractivity contribution in [2.75, 3.05) is 6.54 Å². The first-order valence-electron chi connectivity index (χ1n) is 5.00. The molecule has 90 valence electrons. The summed E-state index contributed by atoms with van der Waals surface area (Å²) < 4.78 is 25.3. The summed E-state index contributed by atoms with van der Waals surface area (Å²) in [6, 6.07) is 4.16. The van der Waals surface area contributed by atoms with Crippen molar-refractivity contribution in [3.63, 3.8) is 0 Å². The van der Waals surface area contributed by atoms with Gasteiger partial charge in [0.05, 0.1) is 16.1 Å². The first kappa shape index (κ1) is 13.7. The van der Waals surface area contributed by atoms with Gasteiger partial charge < -0.3 is 5.32 Å². The van der Waals surface area contributed by atoms with Crippen LogP contribution in [0.15, 0.2) is 18.2 Å². The zero-order valence-corrected chi connectivity index (χ0v) is 10.3. The van der Waals surface area contributed by atoms with Crippen LogP contribution in [0.3, 0.4) is 0 Å². The molecule has 1 aromatic carbocycles. The Bertz CT molecular complexity index is 345. The Kier molecular flexibility index (Phi) is 5.46. The van der Waals surface area contributed by atoms with Gasteiger partial charge in [-0.05, 0) is 24.6 Å². The molecule has 1 unspecified atom stereocenters.